The number of fused-ring (bicyclic) bond motifs is 1. The molecule has 2 nitrogen and oxygen atoms in total. The van der Waals surface area contributed by atoms with Crippen molar-refractivity contribution >= 4 is 11.6 Å². The zero-order valence-electron chi connectivity index (χ0n) is 14.1. The van der Waals surface area contributed by atoms with Gasteiger partial charge in [0.25, 0.3) is 0 Å². The lowest BCUT2D eigenvalue weighted by Gasteiger charge is -2.14. The number of nitrogens with one attached hydrogen (secondary N) is 1. The molecule has 1 atom stereocenters. The average Bonchev–Trinajstić information content (AvgIpc) is 3.04. The topological polar surface area (TPSA) is 21.3 Å². The Bertz CT molecular complexity index is 892. The summed E-state index contributed by atoms with van der Waals surface area (Å²) in [6.45, 7) is 0.838. The SMILES string of the molecule is CNCC1Cc2cc(-c3ccccc3)cc(-c3cccc(Cl)c3)c2O1. The zero-order valence-corrected chi connectivity index (χ0v) is 14.9. The molecule has 0 bridgehead atoms. The maximum Gasteiger partial charge on any atom is 0.131 e. The predicted molar refractivity (Wildman–Crippen MR) is 104 cm³/mol. The second-order valence-corrected chi connectivity index (χ2v) is 6.83. The molecule has 0 amide bonds. The van der Waals surface area contributed by atoms with E-state index < -0.39 is 0 Å². The Kier molecular flexibility index (Phi) is 4.48. The molecule has 3 heteroatoms. The van der Waals surface area contributed by atoms with Crippen LogP contribution >= 0.6 is 11.6 Å². The quantitative estimate of drug-likeness (QED) is 0.699. The van der Waals surface area contributed by atoms with Crippen LogP contribution in [0, 0.1) is 0 Å². The molecule has 1 unspecified atom stereocenters. The fourth-order valence-corrected chi connectivity index (χ4v) is 3.63. The van der Waals surface area contributed by atoms with Gasteiger partial charge in [0, 0.05) is 23.6 Å². The Morgan fingerprint density at radius 1 is 0.960 bits per heavy atom. The van der Waals surface area contributed by atoms with Gasteiger partial charge >= 0.3 is 0 Å². The highest BCUT2D eigenvalue weighted by Crippen LogP contribution is 2.42. The molecule has 126 valence electrons. The lowest BCUT2D eigenvalue weighted by atomic mass is 9.94. The summed E-state index contributed by atoms with van der Waals surface area (Å²) in [5, 5.41) is 3.95. The van der Waals surface area contributed by atoms with Crippen LogP contribution in [0.1, 0.15) is 5.56 Å². The van der Waals surface area contributed by atoms with Crippen molar-refractivity contribution in [3.05, 3.63) is 77.3 Å². The van der Waals surface area contributed by atoms with Gasteiger partial charge in [0.1, 0.15) is 11.9 Å². The molecule has 4 rings (SSSR count). The minimum Gasteiger partial charge on any atom is -0.488 e. The fourth-order valence-electron chi connectivity index (χ4n) is 3.44. The first-order valence-corrected chi connectivity index (χ1v) is 8.92. The van der Waals surface area contributed by atoms with E-state index in [1.807, 2.05) is 31.3 Å². The Labute approximate surface area is 153 Å². The van der Waals surface area contributed by atoms with Crippen LogP contribution < -0.4 is 10.1 Å². The van der Waals surface area contributed by atoms with Crippen molar-refractivity contribution in [2.45, 2.75) is 12.5 Å². The number of likely N-dealkylation sites (N-methyl/N-ethyl adjacent to an activating group) is 1. The fraction of sp³-hybridized carbons (Fsp3) is 0.182. The third-order valence-corrected chi connectivity index (χ3v) is 4.81. The van der Waals surface area contributed by atoms with Gasteiger partial charge in [-0.2, -0.15) is 0 Å². The minimum absolute atomic E-state index is 0.170. The zero-order chi connectivity index (χ0) is 17.2. The van der Waals surface area contributed by atoms with Gasteiger partial charge in [0.2, 0.25) is 0 Å². The molecule has 1 heterocycles. The second kappa shape index (κ2) is 6.91. The molecule has 1 aliphatic rings. The van der Waals surface area contributed by atoms with Gasteiger partial charge in [-0.05, 0) is 53.6 Å². The van der Waals surface area contributed by atoms with Crippen molar-refractivity contribution in [1.82, 2.24) is 5.32 Å². The lowest BCUT2D eigenvalue weighted by Crippen LogP contribution is -2.27. The highest BCUT2D eigenvalue weighted by molar-refractivity contribution is 6.30. The summed E-state index contributed by atoms with van der Waals surface area (Å²) < 4.78 is 6.26. The van der Waals surface area contributed by atoms with Crippen LogP contribution in [0.5, 0.6) is 5.75 Å². The maximum atomic E-state index is 6.26. The first kappa shape index (κ1) is 16.2. The number of hydrogen-bond donors (Lipinski definition) is 1. The minimum atomic E-state index is 0.170. The summed E-state index contributed by atoms with van der Waals surface area (Å²) in [4.78, 5) is 0. The van der Waals surface area contributed by atoms with Gasteiger partial charge < -0.3 is 10.1 Å². The smallest absolute Gasteiger partial charge is 0.131 e. The van der Waals surface area contributed by atoms with Gasteiger partial charge in [-0.3, -0.25) is 0 Å². The molecule has 3 aromatic rings. The molecule has 3 aromatic carbocycles. The van der Waals surface area contributed by atoms with Crippen LogP contribution in [0.15, 0.2) is 66.7 Å². The Balaban J connectivity index is 1.86. The Morgan fingerprint density at radius 2 is 1.76 bits per heavy atom. The van der Waals surface area contributed by atoms with Gasteiger partial charge in [-0.1, -0.05) is 54.1 Å². The van der Waals surface area contributed by atoms with E-state index in [0.717, 1.165) is 34.9 Å². The summed E-state index contributed by atoms with van der Waals surface area (Å²) in [5.41, 5.74) is 5.88. The normalized spacial score (nSPS) is 15.7. The maximum absolute atomic E-state index is 6.26. The third kappa shape index (κ3) is 3.28. The van der Waals surface area contributed by atoms with Crippen molar-refractivity contribution in [2.75, 3.05) is 13.6 Å². The summed E-state index contributed by atoms with van der Waals surface area (Å²) >= 11 is 6.23. The number of halogens is 1. The summed E-state index contributed by atoms with van der Waals surface area (Å²) in [7, 11) is 1.96. The van der Waals surface area contributed by atoms with Gasteiger partial charge in [0.05, 0.1) is 0 Å². The molecule has 0 spiro atoms. The first-order valence-electron chi connectivity index (χ1n) is 8.54. The van der Waals surface area contributed by atoms with E-state index in [2.05, 4.69) is 47.8 Å². The molecule has 1 aliphatic heterocycles. The number of benzene rings is 3. The number of hydrogen-bond acceptors (Lipinski definition) is 2. The Morgan fingerprint density at radius 3 is 2.52 bits per heavy atom. The van der Waals surface area contributed by atoms with E-state index in [1.54, 1.807) is 0 Å². The summed E-state index contributed by atoms with van der Waals surface area (Å²) in [5.74, 6) is 0.988. The molecule has 0 aromatic heterocycles. The van der Waals surface area contributed by atoms with E-state index in [1.165, 1.54) is 16.7 Å². The predicted octanol–water partition coefficient (Wildman–Crippen LogP) is 5.20. The van der Waals surface area contributed by atoms with E-state index in [4.69, 9.17) is 16.3 Å². The molecule has 0 saturated carbocycles. The molecule has 25 heavy (non-hydrogen) atoms. The van der Waals surface area contributed by atoms with Gasteiger partial charge in [-0.15, -0.1) is 0 Å². The van der Waals surface area contributed by atoms with Crippen molar-refractivity contribution < 1.29 is 4.74 Å². The molecule has 0 aliphatic carbocycles. The van der Waals surface area contributed by atoms with Gasteiger partial charge in [-0.25, -0.2) is 0 Å². The average molecular weight is 350 g/mol. The molecule has 1 N–H and O–H groups in total. The Hall–Kier alpha value is -2.29. The van der Waals surface area contributed by atoms with Crippen molar-refractivity contribution in [2.24, 2.45) is 0 Å². The van der Waals surface area contributed by atoms with Crippen LogP contribution in [0.3, 0.4) is 0 Å². The van der Waals surface area contributed by atoms with Gasteiger partial charge in [0.15, 0.2) is 0 Å². The van der Waals surface area contributed by atoms with Crippen molar-refractivity contribution in [3.63, 3.8) is 0 Å². The largest absolute Gasteiger partial charge is 0.488 e. The van der Waals surface area contributed by atoms with Crippen molar-refractivity contribution in [1.29, 1.82) is 0 Å². The lowest BCUT2D eigenvalue weighted by molar-refractivity contribution is 0.232. The van der Waals surface area contributed by atoms with E-state index in [9.17, 15) is 0 Å². The highest BCUT2D eigenvalue weighted by atomic mass is 35.5. The van der Waals surface area contributed by atoms with Crippen LogP contribution in [0.4, 0.5) is 0 Å². The van der Waals surface area contributed by atoms with Crippen LogP contribution in [-0.4, -0.2) is 19.7 Å². The van der Waals surface area contributed by atoms with Crippen LogP contribution in [0.25, 0.3) is 22.3 Å². The summed E-state index contributed by atoms with van der Waals surface area (Å²) in [6, 6.07) is 22.9. The third-order valence-electron chi connectivity index (χ3n) is 4.57. The molecule has 0 saturated heterocycles. The summed E-state index contributed by atoms with van der Waals surface area (Å²) in [6.07, 6.45) is 1.09. The monoisotopic (exact) mass is 349 g/mol. The molecule has 0 radical (unpaired) electrons. The second-order valence-electron chi connectivity index (χ2n) is 6.39. The van der Waals surface area contributed by atoms with Crippen LogP contribution in [-0.2, 0) is 6.42 Å². The standard InChI is InChI=1S/C22H20ClNO/c1-24-14-20-12-18-10-17(15-6-3-2-4-7-15)13-21(22(18)25-20)16-8-5-9-19(23)11-16/h2-11,13,20,24H,12,14H2,1H3. The molecule has 0 fully saturated rings. The number of rotatable bonds is 4. The molecular weight excluding hydrogens is 330 g/mol. The molecular formula is C22H20ClNO. The van der Waals surface area contributed by atoms with E-state index in [-0.39, 0.29) is 6.10 Å². The van der Waals surface area contributed by atoms with E-state index in [0.29, 0.717) is 0 Å². The van der Waals surface area contributed by atoms with E-state index >= 15 is 0 Å². The number of ether oxygens (including phenoxy) is 1. The van der Waals surface area contributed by atoms with Crippen LogP contribution in [0.2, 0.25) is 5.02 Å². The first-order chi connectivity index (χ1) is 12.2. The highest BCUT2D eigenvalue weighted by Gasteiger charge is 2.26. The van der Waals surface area contributed by atoms with Crippen molar-refractivity contribution in [3.8, 4) is 28.0 Å².